The average molecular weight is 400 g/mol. The molecule has 2 aromatic heterocycles. The minimum atomic E-state index is 0.0997. The van der Waals surface area contributed by atoms with Crippen LogP contribution < -0.4 is 15.0 Å². The van der Waals surface area contributed by atoms with Crippen molar-refractivity contribution >= 4 is 21.6 Å². The van der Waals surface area contributed by atoms with Crippen LogP contribution in [0.3, 0.4) is 0 Å². The Bertz CT molecular complexity index is 1060. The first-order chi connectivity index (χ1) is 13.6. The van der Waals surface area contributed by atoms with Crippen LogP contribution in [0.15, 0.2) is 28.4 Å². The molecule has 0 bridgehead atoms. The minimum Gasteiger partial charge on any atom is -0.493 e. The van der Waals surface area contributed by atoms with Crippen molar-refractivity contribution in [2.75, 3.05) is 26.8 Å². The molecule has 0 fully saturated rings. The molecule has 6 nitrogen and oxygen atoms in total. The smallest absolute Gasteiger partial charge is 0.271 e. The molecule has 148 valence electrons. The molecule has 7 heteroatoms. The summed E-state index contributed by atoms with van der Waals surface area (Å²) in [5.74, 6) is 2.42. The Morgan fingerprint density at radius 3 is 2.86 bits per heavy atom. The van der Waals surface area contributed by atoms with E-state index in [0.717, 1.165) is 59.2 Å². The normalized spacial score (nSPS) is 14.7. The molecular formula is C21H25N3O3S. The van der Waals surface area contributed by atoms with Gasteiger partial charge < -0.3 is 9.47 Å². The predicted molar refractivity (Wildman–Crippen MR) is 112 cm³/mol. The van der Waals surface area contributed by atoms with Gasteiger partial charge in [0, 0.05) is 32.6 Å². The lowest BCUT2D eigenvalue weighted by Crippen LogP contribution is -2.28. The van der Waals surface area contributed by atoms with Gasteiger partial charge in [0.2, 0.25) is 0 Å². The van der Waals surface area contributed by atoms with Gasteiger partial charge in [-0.1, -0.05) is 6.07 Å². The molecule has 0 spiro atoms. The Balaban J connectivity index is 1.54. The number of benzene rings is 1. The van der Waals surface area contributed by atoms with Gasteiger partial charge in [-0.2, -0.15) is 0 Å². The van der Waals surface area contributed by atoms with Gasteiger partial charge in [0.05, 0.1) is 19.2 Å². The topological polar surface area (TPSA) is 56.6 Å². The van der Waals surface area contributed by atoms with E-state index in [2.05, 4.69) is 11.0 Å². The molecular weight excluding hydrogens is 374 g/mol. The van der Waals surface area contributed by atoms with Gasteiger partial charge in [-0.15, -0.1) is 11.3 Å². The molecule has 0 atom stereocenters. The van der Waals surface area contributed by atoms with Crippen molar-refractivity contribution in [2.24, 2.45) is 0 Å². The number of thiophene rings is 1. The summed E-state index contributed by atoms with van der Waals surface area (Å²) < 4.78 is 13.7. The Hall–Kier alpha value is -2.38. The third-order valence-electron chi connectivity index (χ3n) is 5.16. The highest BCUT2D eigenvalue weighted by Crippen LogP contribution is 2.29. The number of hydrogen-bond donors (Lipinski definition) is 0. The number of nitrogens with zero attached hydrogens (tertiary/aromatic N) is 3. The SMILES string of the molecule is CCOc1ccc(CN2CCc3nc4c(C)csc4c(=O)n3CC2)cc1OC. The molecule has 0 saturated heterocycles. The van der Waals surface area contributed by atoms with Gasteiger partial charge in [0.1, 0.15) is 10.5 Å². The van der Waals surface area contributed by atoms with Crippen molar-refractivity contribution in [3.05, 3.63) is 50.9 Å². The molecule has 0 N–H and O–H groups in total. The van der Waals surface area contributed by atoms with Crippen molar-refractivity contribution in [3.8, 4) is 11.5 Å². The van der Waals surface area contributed by atoms with E-state index in [-0.39, 0.29) is 5.56 Å². The summed E-state index contributed by atoms with van der Waals surface area (Å²) in [7, 11) is 1.66. The van der Waals surface area contributed by atoms with Crippen molar-refractivity contribution in [1.82, 2.24) is 14.5 Å². The van der Waals surface area contributed by atoms with Crippen molar-refractivity contribution in [2.45, 2.75) is 33.4 Å². The summed E-state index contributed by atoms with van der Waals surface area (Å²) in [6.07, 6.45) is 0.772. The van der Waals surface area contributed by atoms with E-state index in [0.29, 0.717) is 13.2 Å². The molecule has 4 rings (SSSR count). The number of aryl methyl sites for hydroxylation is 1. The molecule has 0 saturated carbocycles. The molecule has 0 amide bonds. The van der Waals surface area contributed by atoms with E-state index < -0.39 is 0 Å². The van der Waals surface area contributed by atoms with Crippen LogP contribution in [0.4, 0.5) is 0 Å². The second-order valence-corrected chi connectivity index (χ2v) is 7.91. The lowest BCUT2D eigenvalue weighted by atomic mass is 10.2. The first kappa shape index (κ1) is 19.0. The fourth-order valence-corrected chi connectivity index (χ4v) is 4.63. The molecule has 0 aliphatic carbocycles. The highest BCUT2D eigenvalue weighted by molar-refractivity contribution is 7.17. The monoisotopic (exact) mass is 399 g/mol. The number of aromatic nitrogens is 2. The highest BCUT2D eigenvalue weighted by atomic mass is 32.1. The fraction of sp³-hybridized carbons (Fsp3) is 0.429. The van der Waals surface area contributed by atoms with Gasteiger partial charge in [-0.25, -0.2) is 4.98 Å². The van der Waals surface area contributed by atoms with E-state index in [9.17, 15) is 4.79 Å². The van der Waals surface area contributed by atoms with Crippen molar-refractivity contribution < 1.29 is 9.47 Å². The third-order valence-corrected chi connectivity index (χ3v) is 6.23. The lowest BCUT2D eigenvalue weighted by Gasteiger charge is -2.20. The van der Waals surface area contributed by atoms with Crippen molar-refractivity contribution in [1.29, 1.82) is 0 Å². The second kappa shape index (κ2) is 7.93. The second-order valence-electron chi connectivity index (χ2n) is 7.03. The maximum absolute atomic E-state index is 12.9. The molecule has 3 heterocycles. The molecule has 3 aromatic rings. The van der Waals surface area contributed by atoms with Crippen LogP contribution in [0.2, 0.25) is 0 Å². The quantitative estimate of drug-likeness (QED) is 0.659. The summed E-state index contributed by atoms with van der Waals surface area (Å²) in [6.45, 7) is 7.76. The summed E-state index contributed by atoms with van der Waals surface area (Å²) >= 11 is 1.50. The third kappa shape index (κ3) is 3.52. The summed E-state index contributed by atoms with van der Waals surface area (Å²) in [5, 5.41) is 2.02. The van der Waals surface area contributed by atoms with Crippen LogP contribution in [0, 0.1) is 6.92 Å². The van der Waals surface area contributed by atoms with E-state index in [4.69, 9.17) is 14.5 Å². The van der Waals surface area contributed by atoms with Gasteiger partial charge in [-0.05, 0) is 42.5 Å². The summed E-state index contributed by atoms with van der Waals surface area (Å²) in [4.78, 5) is 20.0. The number of hydrogen-bond acceptors (Lipinski definition) is 6. The standard InChI is InChI=1S/C21H25N3O3S/c1-4-27-16-6-5-15(11-17(16)26-3)12-23-8-7-18-22-19-14(2)13-28-20(19)21(25)24(18)10-9-23/h5-6,11,13H,4,7-10,12H2,1-3H3. The lowest BCUT2D eigenvalue weighted by molar-refractivity contribution is 0.270. The maximum Gasteiger partial charge on any atom is 0.271 e. The summed E-state index contributed by atoms with van der Waals surface area (Å²) in [5.41, 5.74) is 3.22. The first-order valence-corrected chi connectivity index (χ1v) is 10.5. The van der Waals surface area contributed by atoms with Crippen LogP contribution >= 0.6 is 11.3 Å². The van der Waals surface area contributed by atoms with Crippen LogP contribution in [0.25, 0.3) is 10.2 Å². The largest absolute Gasteiger partial charge is 0.493 e. The predicted octanol–water partition coefficient (Wildman–Crippen LogP) is 3.23. The molecule has 28 heavy (non-hydrogen) atoms. The molecule has 1 aromatic carbocycles. The van der Waals surface area contributed by atoms with Gasteiger partial charge in [0.25, 0.3) is 5.56 Å². The number of fused-ring (bicyclic) bond motifs is 2. The van der Waals surface area contributed by atoms with E-state index in [1.165, 1.54) is 16.9 Å². The fourth-order valence-electron chi connectivity index (χ4n) is 3.69. The minimum absolute atomic E-state index is 0.0997. The van der Waals surface area contributed by atoms with Crippen LogP contribution in [0.5, 0.6) is 11.5 Å². The van der Waals surface area contributed by atoms with Crippen LogP contribution in [-0.2, 0) is 19.5 Å². The summed E-state index contributed by atoms with van der Waals surface area (Å²) in [6, 6.07) is 6.08. The zero-order valence-corrected chi connectivity index (χ0v) is 17.3. The number of methoxy groups -OCH3 is 1. The van der Waals surface area contributed by atoms with Gasteiger partial charge in [-0.3, -0.25) is 14.3 Å². The zero-order valence-electron chi connectivity index (χ0n) is 16.5. The maximum atomic E-state index is 12.9. The first-order valence-electron chi connectivity index (χ1n) is 9.60. The molecule has 1 aliphatic rings. The Kier molecular flexibility index (Phi) is 5.37. The Morgan fingerprint density at radius 1 is 1.21 bits per heavy atom. The molecule has 1 aliphatic heterocycles. The zero-order chi connectivity index (χ0) is 19.7. The number of ether oxygens (including phenoxy) is 2. The van der Waals surface area contributed by atoms with E-state index in [1.807, 2.05) is 35.9 Å². The van der Waals surface area contributed by atoms with Crippen LogP contribution in [-0.4, -0.2) is 41.3 Å². The highest BCUT2D eigenvalue weighted by Gasteiger charge is 2.19. The number of rotatable bonds is 5. The van der Waals surface area contributed by atoms with E-state index in [1.54, 1.807) is 7.11 Å². The van der Waals surface area contributed by atoms with Gasteiger partial charge in [0.15, 0.2) is 11.5 Å². The average Bonchev–Trinajstić information content (AvgIpc) is 2.94. The molecule has 0 unspecified atom stereocenters. The van der Waals surface area contributed by atoms with Gasteiger partial charge >= 0.3 is 0 Å². The van der Waals surface area contributed by atoms with Crippen LogP contribution in [0.1, 0.15) is 23.9 Å². The van der Waals surface area contributed by atoms with E-state index >= 15 is 0 Å². The molecule has 0 radical (unpaired) electrons. The Labute approximate surface area is 168 Å². The Morgan fingerprint density at radius 2 is 2.07 bits per heavy atom. The van der Waals surface area contributed by atoms with Crippen molar-refractivity contribution in [3.63, 3.8) is 0 Å².